The van der Waals surface area contributed by atoms with Crippen LogP contribution in [0.2, 0.25) is 0 Å². The molecule has 1 fully saturated rings. The molecule has 1 heterocycles. The molecule has 0 aromatic rings. The van der Waals surface area contributed by atoms with Crippen molar-refractivity contribution < 1.29 is 0 Å². The van der Waals surface area contributed by atoms with Crippen LogP contribution < -0.4 is 5.73 Å². The standard InChI is InChI=1S/C5H11N.C2H7N/c1-6-4-2-3-5-6;1-2-3/h2-5H2,1H3;2-3H2,1H3. The molecule has 1 rings (SSSR count). The lowest BCUT2D eigenvalue weighted by Crippen LogP contribution is -2.10. The van der Waals surface area contributed by atoms with Gasteiger partial charge in [0.2, 0.25) is 0 Å². The smallest absolute Gasteiger partial charge is 0.00213 e. The molecule has 2 heteroatoms. The summed E-state index contributed by atoms with van der Waals surface area (Å²) in [6, 6.07) is 0. The molecule has 56 valence electrons. The lowest BCUT2D eigenvalue weighted by molar-refractivity contribution is 0.418. The fourth-order valence-corrected chi connectivity index (χ4v) is 0.875. The molecule has 1 saturated heterocycles. The topological polar surface area (TPSA) is 29.3 Å². The van der Waals surface area contributed by atoms with Gasteiger partial charge in [0.15, 0.2) is 0 Å². The van der Waals surface area contributed by atoms with Gasteiger partial charge in [-0.15, -0.1) is 0 Å². The van der Waals surface area contributed by atoms with E-state index in [0.29, 0.717) is 0 Å². The molecule has 0 saturated carbocycles. The first-order valence-electron chi connectivity index (χ1n) is 3.70. The third-order valence-corrected chi connectivity index (χ3v) is 1.33. The third kappa shape index (κ3) is 5.80. The minimum atomic E-state index is 0.750. The minimum absolute atomic E-state index is 0.750. The van der Waals surface area contributed by atoms with E-state index >= 15 is 0 Å². The second-order valence-corrected chi connectivity index (χ2v) is 2.42. The SMILES string of the molecule is CCN.CN1CCCC1. The Kier molecular flexibility index (Phi) is 5.99. The van der Waals surface area contributed by atoms with Crippen LogP contribution in [-0.2, 0) is 0 Å². The maximum atomic E-state index is 4.85. The summed E-state index contributed by atoms with van der Waals surface area (Å²) < 4.78 is 0. The Morgan fingerprint density at radius 3 is 1.78 bits per heavy atom. The van der Waals surface area contributed by atoms with Crippen LogP contribution in [0.4, 0.5) is 0 Å². The Bertz CT molecular complexity index is 48.9. The van der Waals surface area contributed by atoms with E-state index in [1.165, 1.54) is 25.9 Å². The van der Waals surface area contributed by atoms with Crippen LogP contribution in [0, 0.1) is 0 Å². The fourth-order valence-electron chi connectivity index (χ4n) is 0.875. The van der Waals surface area contributed by atoms with E-state index in [-0.39, 0.29) is 0 Å². The largest absolute Gasteiger partial charge is 0.331 e. The number of nitrogens with two attached hydrogens (primary N) is 1. The Labute approximate surface area is 58.0 Å². The lowest BCUT2D eigenvalue weighted by atomic mass is 10.4. The van der Waals surface area contributed by atoms with Crippen molar-refractivity contribution in [3.8, 4) is 0 Å². The summed E-state index contributed by atoms with van der Waals surface area (Å²) in [5.74, 6) is 0. The van der Waals surface area contributed by atoms with Gasteiger partial charge in [0.25, 0.3) is 0 Å². The first-order chi connectivity index (χ1) is 4.31. The molecule has 0 unspecified atom stereocenters. The predicted molar refractivity (Wildman–Crippen MR) is 41.5 cm³/mol. The van der Waals surface area contributed by atoms with E-state index in [1.807, 2.05) is 6.92 Å². The van der Waals surface area contributed by atoms with Crippen molar-refractivity contribution in [1.82, 2.24) is 4.90 Å². The molecule has 0 amide bonds. The molecule has 1 aliphatic rings. The van der Waals surface area contributed by atoms with Crippen LogP contribution in [0.3, 0.4) is 0 Å². The lowest BCUT2D eigenvalue weighted by Gasteiger charge is -2.01. The number of hydrogen-bond donors (Lipinski definition) is 1. The van der Waals surface area contributed by atoms with Crippen LogP contribution in [-0.4, -0.2) is 31.6 Å². The van der Waals surface area contributed by atoms with E-state index in [9.17, 15) is 0 Å². The van der Waals surface area contributed by atoms with Gasteiger partial charge in [-0.25, -0.2) is 0 Å². The Morgan fingerprint density at radius 1 is 1.33 bits per heavy atom. The number of nitrogens with zero attached hydrogens (tertiary/aromatic N) is 1. The van der Waals surface area contributed by atoms with Crippen molar-refractivity contribution in [2.75, 3.05) is 26.7 Å². The molecule has 2 nitrogen and oxygen atoms in total. The molecule has 0 aromatic carbocycles. The molecule has 0 atom stereocenters. The van der Waals surface area contributed by atoms with Crippen LogP contribution in [0.5, 0.6) is 0 Å². The summed E-state index contributed by atoms with van der Waals surface area (Å²) in [6.07, 6.45) is 2.83. The molecular weight excluding hydrogens is 112 g/mol. The van der Waals surface area contributed by atoms with Gasteiger partial charge in [0.1, 0.15) is 0 Å². The maximum Gasteiger partial charge on any atom is -0.00213 e. The zero-order valence-electron chi connectivity index (χ0n) is 6.56. The Balaban J connectivity index is 0.000000187. The molecule has 0 spiro atoms. The molecule has 0 bridgehead atoms. The van der Waals surface area contributed by atoms with Gasteiger partial charge in [-0.2, -0.15) is 0 Å². The highest BCUT2D eigenvalue weighted by Crippen LogP contribution is 2.01. The average Bonchev–Trinajstić information content (AvgIpc) is 2.20. The third-order valence-electron chi connectivity index (χ3n) is 1.33. The summed E-state index contributed by atoms with van der Waals surface area (Å²) in [5, 5.41) is 0. The highest BCUT2D eigenvalue weighted by molar-refractivity contribution is 4.59. The van der Waals surface area contributed by atoms with E-state index in [1.54, 1.807) is 0 Å². The summed E-state index contributed by atoms with van der Waals surface area (Å²) >= 11 is 0. The summed E-state index contributed by atoms with van der Waals surface area (Å²) in [5.41, 5.74) is 4.85. The minimum Gasteiger partial charge on any atom is -0.331 e. The van der Waals surface area contributed by atoms with Crippen LogP contribution in [0.15, 0.2) is 0 Å². The van der Waals surface area contributed by atoms with Crippen molar-refractivity contribution in [1.29, 1.82) is 0 Å². The number of rotatable bonds is 0. The predicted octanol–water partition coefficient (Wildman–Crippen LogP) is 0.677. The fraction of sp³-hybridized carbons (Fsp3) is 1.00. The van der Waals surface area contributed by atoms with Gasteiger partial charge < -0.3 is 10.6 Å². The quantitative estimate of drug-likeness (QED) is 0.522. The van der Waals surface area contributed by atoms with Crippen molar-refractivity contribution in [2.45, 2.75) is 19.8 Å². The molecule has 0 aromatic heterocycles. The van der Waals surface area contributed by atoms with Gasteiger partial charge in [-0.05, 0) is 39.5 Å². The van der Waals surface area contributed by atoms with Crippen LogP contribution in [0.25, 0.3) is 0 Å². The summed E-state index contributed by atoms with van der Waals surface area (Å²) in [4.78, 5) is 2.36. The van der Waals surface area contributed by atoms with Gasteiger partial charge in [0, 0.05) is 0 Å². The van der Waals surface area contributed by atoms with Crippen LogP contribution in [0.1, 0.15) is 19.8 Å². The van der Waals surface area contributed by atoms with Gasteiger partial charge >= 0.3 is 0 Å². The highest BCUT2D eigenvalue weighted by Gasteiger charge is 2.03. The second kappa shape index (κ2) is 6.05. The Hall–Kier alpha value is -0.0800. The van der Waals surface area contributed by atoms with Gasteiger partial charge in [-0.3, -0.25) is 0 Å². The molecule has 1 aliphatic heterocycles. The van der Waals surface area contributed by atoms with Crippen molar-refractivity contribution in [2.24, 2.45) is 5.73 Å². The molecule has 0 aliphatic carbocycles. The Morgan fingerprint density at radius 2 is 1.67 bits per heavy atom. The number of likely N-dealkylation sites (tertiary alicyclic amines) is 1. The van der Waals surface area contributed by atoms with E-state index < -0.39 is 0 Å². The zero-order valence-corrected chi connectivity index (χ0v) is 6.56. The summed E-state index contributed by atoms with van der Waals surface area (Å²) in [6.45, 7) is 5.29. The highest BCUT2D eigenvalue weighted by atomic mass is 15.1. The number of hydrogen-bond acceptors (Lipinski definition) is 2. The zero-order chi connectivity index (χ0) is 7.11. The molecular formula is C7H18N2. The first-order valence-corrected chi connectivity index (χ1v) is 3.70. The van der Waals surface area contributed by atoms with Gasteiger partial charge in [-0.1, -0.05) is 6.92 Å². The maximum absolute atomic E-state index is 4.85. The monoisotopic (exact) mass is 130 g/mol. The van der Waals surface area contributed by atoms with E-state index in [0.717, 1.165) is 6.54 Å². The van der Waals surface area contributed by atoms with Gasteiger partial charge in [0.05, 0.1) is 0 Å². The summed E-state index contributed by atoms with van der Waals surface area (Å²) in [7, 11) is 2.17. The molecule has 9 heavy (non-hydrogen) atoms. The van der Waals surface area contributed by atoms with Crippen LogP contribution >= 0.6 is 0 Å². The molecule has 2 N–H and O–H groups in total. The van der Waals surface area contributed by atoms with Crippen molar-refractivity contribution >= 4 is 0 Å². The van der Waals surface area contributed by atoms with Crippen molar-refractivity contribution in [3.05, 3.63) is 0 Å². The first kappa shape index (κ1) is 8.92. The molecule has 0 radical (unpaired) electrons. The average molecular weight is 130 g/mol. The second-order valence-electron chi connectivity index (χ2n) is 2.42. The normalized spacial score (nSPS) is 19.0. The van der Waals surface area contributed by atoms with E-state index in [2.05, 4.69) is 11.9 Å². The van der Waals surface area contributed by atoms with E-state index in [4.69, 9.17) is 5.73 Å². The van der Waals surface area contributed by atoms with Crippen molar-refractivity contribution in [3.63, 3.8) is 0 Å².